The van der Waals surface area contributed by atoms with E-state index in [9.17, 15) is 5.11 Å². The van der Waals surface area contributed by atoms with Crippen molar-refractivity contribution in [3.05, 3.63) is 24.0 Å². The van der Waals surface area contributed by atoms with Gasteiger partial charge < -0.3 is 14.7 Å². The summed E-state index contributed by atoms with van der Waals surface area (Å²) in [5.41, 5.74) is 0.159. The molecule has 98 valence electrons. The first-order valence-electron chi connectivity index (χ1n) is 6.56. The van der Waals surface area contributed by atoms with Gasteiger partial charge in [-0.1, -0.05) is 0 Å². The number of piperidine rings is 1. The van der Waals surface area contributed by atoms with Crippen molar-refractivity contribution < 1.29 is 9.84 Å². The van der Waals surface area contributed by atoms with Crippen LogP contribution in [0.4, 0.5) is 0 Å². The molecule has 2 atom stereocenters. The number of hydrogen-bond donors (Lipinski definition) is 1. The van der Waals surface area contributed by atoms with Crippen LogP contribution >= 0.6 is 0 Å². The van der Waals surface area contributed by atoms with E-state index < -0.39 is 5.60 Å². The van der Waals surface area contributed by atoms with E-state index in [2.05, 4.69) is 16.9 Å². The van der Waals surface area contributed by atoms with E-state index in [0.29, 0.717) is 17.8 Å². The fraction of sp³-hybridized carbons (Fsp3) is 0.643. The molecule has 18 heavy (non-hydrogen) atoms. The number of methoxy groups -OCH3 is 1. The highest BCUT2D eigenvalue weighted by Crippen LogP contribution is 2.45. The molecule has 0 radical (unpaired) electrons. The number of rotatable bonds is 2. The van der Waals surface area contributed by atoms with Crippen molar-refractivity contribution in [1.29, 1.82) is 0 Å². The topological polar surface area (TPSA) is 45.6 Å². The van der Waals surface area contributed by atoms with Crippen molar-refractivity contribution in [3.8, 4) is 5.75 Å². The first-order chi connectivity index (χ1) is 8.62. The highest BCUT2D eigenvalue weighted by molar-refractivity contribution is 5.29. The summed E-state index contributed by atoms with van der Waals surface area (Å²) in [6, 6.07) is 2.91. The van der Waals surface area contributed by atoms with Gasteiger partial charge in [0.25, 0.3) is 0 Å². The Balaban J connectivity index is 1.91. The molecular weight excluding hydrogens is 228 g/mol. The zero-order valence-electron chi connectivity index (χ0n) is 11.0. The van der Waals surface area contributed by atoms with Crippen LogP contribution in [0.3, 0.4) is 0 Å². The van der Waals surface area contributed by atoms with Crippen LogP contribution in [-0.2, 0) is 5.60 Å². The lowest BCUT2D eigenvalue weighted by Gasteiger charge is -2.42. The van der Waals surface area contributed by atoms with Crippen LogP contribution in [0.2, 0.25) is 0 Å². The average Bonchev–Trinajstić information content (AvgIpc) is 2.63. The van der Waals surface area contributed by atoms with E-state index in [-0.39, 0.29) is 0 Å². The average molecular weight is 248 g/mol. The molecule has 3 rings (SSSR count). The molecule has 4 heteroatoms. The Hall–Kier alpha value is -1.13. The monoisotopic (exact) mass is 248 g/mol. The molecule has 2 unspecified atom stereocenters. The minimum absolute atomic E-state index is 0.500. The van der Waals surface area contributed by atoms with Crippen molar-refractivity contribution in [3.63, 3.8) is 0 Å². The van der Waals surface area contributed by atoms with Crippen LogP contribution in [0, 0.1) is 0 Å². The van der Waals surface area contributed by atoms with E-state index in [1.165, 1.54) is 12.8 Å². The Bertz CT molecular complexity index is 435. The summed E-state index contributed by atoms with van der Waals surface area (Å²) in [7, 11) is 3.80. The van der Waals surface area contributed by atoms with Crippen LogP contribution < -0.4 is 4.74 Å². The lowest BCUT2D eigenvalue weighted by Crippen LogP contribution is -2.47. The molecule has 1 aromatic rings. The SMILES string of the molecule is COc1cncc(C2(O)CC3CCC(C2)N3C)c1. The second-order valence-corrected chi connectivity index (χ2v) is 5.60. The fourth-order valence-corrected chi connectivity index (χ4v) is 3.47. The summed E-state index contributed by atoms with van der Waals surface area (Å²) < 4.78 is 5.20. The number of aliphatic hydroxyl groups is 1. The minimum Gasteiger partial charge on any atom is -0.495 e. The largest absolute Gasteiger partial charge is 0.495 e. The minimum atomic E-state index is -0.736. The summed E-state index contributed by atoms with van der Waals surface area (Å²) in [5.74, 6) is 0.715. The number of aromatic nitrogens is 1. The predicted octanol–water partition coefficient (Wildman–Crippen LogP) is 1.53. The highest BCUT2D eigenvalue weighted by Gasteiger charge is 2.46. The smallest absolute Gasteiger partial charge is 0.137 e. The van der Waals surface area contributed by atoms with Gasteiger partial charge in [0, 0.05) is 23.8 Å². The van der Waals surface area contributed by atoms with Gasteiger partial charge in [-0.25, -0.2) is 0 Å². The molecule has 0 saturated carbocycles. The molecule has 2 fully saturated rings. The Labute approximate surface area is 108 Å². The van der Waals surface area contributed by atoms with E-state index in [4.69, 9.17) is 4.74 Å². The molecule has 2 aliphatic rings. The Morgan fingerprint density at radius 2 is 2.00 bits per heavy atom. The van der Waals surface area contributed by atoms with Gasteiger partial charge in [0.05, 0.1) is 18.9 Å². The maximum Gasteiger partial charge on any atom is 0.137 e. The third kappa shape index (κ3) is 1.80. The molecule has 1 aromatic heterocycles. The lowest BCUT2D eigenvalue weighted by atomic mass is 9.81. The zero-order chi connectivity index (χ0) is 12.8. The van der Waals surface area contributed by atoms with Gasteiger partial charge in [-0.2, -0.15) is 0 Å². The van der Waals surface area contributed by atoms with Crippen molar-refractivity contribution in [2.75, 3.05) is 14.2 Å². The van der Waals surface area contributed by atoms with E-state index in [0.717, 1.165) is 18.4 Å². The van der Waals surface area contributed by atoms with Gasteiger partial charge in [0.2, 0.25) is 0 Å². The van der Waals surface area contributed by atoms with Gasteiger partial charge in [0.1, 0.15) is 5.75 Å². The molecule has 1 N–H and O–H groups in total. The van der Waals surface area contributed by atoms with Crippen LogP contribution in [0.25, 0.3) is 0 Å². The summed E-state index contributed by atoms with van der Waals surface area (Å²) in [4.78, 5) is 6.59. The van der Waals surface area contributed by atoms with Crippen LogP contribution in [0.5, 0.6) is 5.75 Å². The first-order valence-corrected chi connectivity index (χ1v) is 6.56. The van der Waals surface area contributed by atoms with Gasteiger partial charge in [-0.05, 0) is 38.8 Å². The van der Waals surface area contributed by atoms with Crippen LogP contribution in [-0.4, -0.2) is 41.2 Å². The van der Waals surface area contributed by atoms with Crippen molar-refractivity contribution in [2.24, 2.45) is 0 Å². The highest BCUT2D eigenvalue weighted by atomic mass is 16.5. The number of nitrogens with zero attached hydrogens (tertiary/aromatic N) is 2. The molecule has 2 saturated heterocycles. The molecule has 0 spiro atoms. The fourth-order valence-electron chi connectivity index (χ4n) is 3.47. The molecular formula is C14H20N2O2. The van der Waals surface area contributed by atoms with E-state index >= 15 is 0 Å². The third-order valence-corrected chi connectivity index (χ3v) is 4.62. The normalized spacial score (nSPS) is 35.7. The summed E-state index contributed by atoms with van der Waals surface area (Å²) in [6.45, 7) is 0. The Kier molecular flexibility index (Phi) is 2.79. The van der Waals surface area contributed by atoms with Crippen molar-refractivity contribution in [2.45, 2.75) is 43.4 Å². The maximum atomic E-state index is 10.9. The maximum absolute atomic E-state index is 10.9. The van der Waals surface area contributed by atoms with Crippen molar-refractivity contribution >= 4 is 0 Å². The molecule has 3 heterocycles. The summed E-state index contributed by atoms with van der Waals surface area (Å²) in [5, 5.41) is 10.9. The third-order valence-electron chi connectivity index (χ3n) is 4.62. The molecule has 2 aliphatic heterocycles. The van der Waals surface area contributed by atoms with Crippen LogP contribution in [0.1, 0.15) is 31.2 Å². The summed E-state index contributed by atoms with van der Waals surface area (Å²) >= 11 is 0. The zero-order valence-corrected chi connectivity index (χ0v) is 11.0. The Morgan fingerprint density at radius 1 is 1.33 bits per heavy atom. The quantitative estimate of drug-likeness (QED) is 0.862. The molecule has 0 amide bonds. The lowest BCUT2D eigenvalue weighted by molar-refractivity contribution is -0.0496. The number of hydrogen-bond acceptors (Lipinski definition) is 4. The predicted molar refractivity (Wildman–Crippen MR) is 68.5 cm³/mol. The van der Waals surface area contributed by atoms with Gasteiger partial charge in [0.15, 0.2) is 0 Å². The molecule has 4 nitrogen and oxygen atoms in total. The van der Waals surface area contributed by atoms with Gasteiger partial charge in [-0.3, -0.25) is 4.98 Å². The molecule has 0 aliphatic carbocycles. The molecule has 2 bridgehead atoms. The van der Waals surface area contributed by atoms with E-state index in [1.807, 2.05) is 6.07 Å². The number of ether oxygens (including phenoxy) is 1. The summed E-state index contributed by atoms with van der Waals surface area (Å²) in [6.07, 6.45) is 7.44. The number of fused-ring (bicyclic) bond motifs is 2. The standard InChI is InChI=1S/C14H20N2O2/c1-16-11-3-4-12(16)7-14(17,6-11)10-5-13(18-2)9-15-8-10/h5,8-9,11-12,17H,3-4,6-7H2,1-2H3. The van der Waals surface area contributed by atoms with Gasteiger partial charge >= 0.3 is 0 Å². The second-order valence-electron chi connectivity index (χ2n) is 5.60. The first kappa shape index (κ1) is 11.9. The van der Waals surface area contributed by atoms with Gasteiger partial charge in [-0.15, -0.1) is 0 Å². The Morgan fingerprint density at radius 3 is 2.61 bits per heavy atom. The van der Waals surface area contributed by atoms with Crippen LogP contribution in [0.15, 0.2) is 18.5 Å². The second kappa shape index (κ2) is 4.21. The van der Waals surface area contributed by atoms with E-state index in [1.54, 1.807) is 19.5 Å². The number of pyridine rings is 1. The molecule has 0 aromatic carbocycles. The van der Waals surface area contributed by atoms with Crippen molar-refractivity contribution in [1.82, 2.24) is 9.88 Å².